The van der Waals surface area contributed by atoms with E-state index in [0.29, 0.717) is 34.3 Å². The molecule has 0 aliphatic carbocycles. The van der Waals surface area contributed by atoms with Gasteiger partial charge in [-0.15, -0.1) is 0 Å². The van der Waals surface area contributed by atoms with E-state index in [9.17, 15) is 14.9 Å². The third kappa shape index (κ3) is 3.80. The predicted molar refractivity (Wildman–Crippen MR) is 105 cm³/mol. The molecule has 27 heavy (non-hydrogen) atoms. The molecule has 1 heterocycles. The summed E-state index contributed by atoms with van der Waals surface area (Å²) >= 11 is 0. The van der Waals surface area contributed by atoms with E-state index in [2.05, 4.69) is 10.4 Å². The summed E-state index contributed by atoms with van der Waals surface area (Å²) in [5, 5.41) is 20.2. The summed E-state index contributed by atoms with van der Waals surface area (Å²) in [5.74, 6) is 0. The van der Waals surface area contributed by atoms with Crippen molar-refractivity contribution in [3.63, 3.8) is 0 Å². The van der Waals surface area contributed by atoms with Gasteiger partial charge < -0.3 is 10.2 Å². The average Bonchev–Trinajstić information content (AvgIpc) is 2.64. The van der Waals surface area contributed by atoms with E-state index in [4.69, 9.17) is 0 Å². The highest BCUT2D eigenvalue weighted by atomic mass is 16.6. The number of hydrogen-bond donors (Lipinski definition) is 2. The Balaban J connectivity index is 2.09. The van der Waals surface area contributed by atoms with Crippen molar-refractivity contribution in [2.24, 2.45) is 7.05 Å². The van der Waals surface area contributed by atoms with Crippen LogP contribution in [-0.4, -0.2) is 41.9 Å². The molecule has 0 aliphatic heterocycles. The summed E-state index contributed by atoms with van der Waals surface area (Å²) in [4.78, 5) is 24.7. The summed E-state index contributed by atoms with van der Waals surface area (Å²) in [6.07, 6.45) is 0. The number of nitrogens with one attached hydrogen (secondary N) is 2. The van der Waals surface area contributed by atoms with Crippen molar-refractivity contribution < 1.29 is 9.82 Å². The second-order valence-corrected chi connectivity index (χ2v) is 6.70. The fraction of sp³-hybridized carbons (Fsp3) is 0.263. The lowest BCUT2D eigenvalue weighted by molar-refractivity contribution is -0.856. The SMILES string of the molecule is Cn1nc(-c2ccc(NCC[NH+](C)C)c([N+](=O)[O-])c2)c2ccccc2c1=O. The van der Waals surface area contributed by atoms with Gasteiger partial charge >= 0.3 is 0 Å². The molecule has 0 saturated heterocycles. The van der Waals surface area contributed by atoms with Gasteiger partial charge in [0.1, 0.15) is 5.69 Å². The van der Waals surface area contributed by atoms with E-state index in [1.54, 1.807) is 37.4 Å². The molecule has 0 spiro atoms. The van der Waals surface area contributed by atoms with Gasteiger partial charge in [-0.25, -0.2) is 4.68 Å². The monoisotopic (exact) mass is 368 g/mol. The van der Waals surface area contributed by atoms with Crippen LogP contribution in [0, 0.1) is 10.1 Å². The Labute approximate surface area is 156 Å². The summed E-state index contributed by atoms with van der Waals surface area (Å²) in [6.45, 7) is 1.47. The Kier molecular flexibility index (Phi) is 5.18. The molecule has 1 aromatic heterocycles. The van der Waals surface area contributed by atoms with Crippen LogP contribution >= 0.6 is 0 Å². The molecule has 8 nitrogen and oxygen atoms in total. The molecule has 0 amide bonds. The van der Waals surface area contributed by atoms with E-state index < -0.39 is 4.92 Å². The van der Waals surface area contributed by atoms with Crippen molar-refractivity contribution >= 4 is 22.1 Å². The minimum absolute atomic E-state index is 0.0130. The number of quaternary nitrogens is 1. The fourth-order valence-electron chi connectivity index (χ4n) is 2.94. The third-order valence-electron chi connectivity index (χ3n) is 4.36. The number of nitro benzene ring substituents is 1. The number of aromatic nitrogens is 2. The van der Waals surface area contributed by atoms with Crippen LogP contribution < -0.4 is 15.8 Å². The zero-order valence-electron chi connectivity index (χ0n) is 15.5. The van der Waals surface area contributed by atoms with Crippen LogP contribution in [0.3, 0.4) is 0 Å². The van der Waals surface area contributed by atoms with Gasteiger partial charge in [-0.1, -0.05) is 24.3 Å². The molecule has 0 aliphatic rings. The zero-order valence-corrected chi connectivity index (χ0v) is 15.5. The Hall–Kier alpha value is -3.26. The van der Waals surface area contributed by atoms with Crippen molar-refractivity contribution in [3.05, 3.63) is 62.9 Å². The summed E-state index contributed by atoms with van der Waals surface area (Å²) in [6, 6.07) is 12.1. The maximum Gasteiger partial charge on any atom is 0.292 e. The number of fused-ring (bicyclic) bond motifs is 1. The highest BCUT2D eigenvalue weighted by molar-refractivity contribution is 5.94. The minimum Gasteiger partial charge on any atom is -0.374 e. The van der Waals surface area contributed by atoms with Gasteiger partial charge in [0, 0.05) is 24.1 Å². The zero-order chi connectivity index (χ0) is 19.6. The van der Waals surface area contributed by atoms with Gasteiger partial charge in [0.2, 0.25) is 0 Å². The molecule has 140 valence electrons. The quantitative estimate of drug-likeness (QED) is 0.501. The van der Waals surface area contributed by atoms with Crippen molar-refractivity contribution in [3.8, 4) is 11.3 Å². The standard InChI is InChI=1S/C19H21N5O3/c1-22(2)11-10-20-16-9-8-13(12-17(16)24(26)27)18-14-6-4-5-7-15(14)19(25)23(3)21-18/h4-9,12,20H,10-11H2,1-3H3/p+1. The minimum atomic E-state index is -0.404. The van der Waals surface area contributed by atoms with E-state index in [1.165, 1.54) is 15.6 Å². The molecular formula is C19H22N5O3+. The maximum atomic E-state index is 12.3. The van der Waals surface area contributed by atoms with Gasteiger partial charge in [0.25, 0.3) is 11.2 Å². The molecule has 0 atom stereocenters. The Morgan fingerprint density at radius 3 is 2.56 bits per heavy atom. The molecule has 0 saturated carbocycles. The largest absolute Gasteiger partial charge is 0.374 e. The van der Waals surface area contributed by atoms with Crippen LogP contribution in [-0.2, 0) is 7.05 Å². The van der Waals surface area contributed by atoms with E-state index in [0.717, 1.165) is 6.54 Å². The highest BCUT2D eigenvalue weighted by Gasteiger charge is 2.18. The van der Waals surface area contributed by atoms with Gasteiger partial charge in [0.05, 0.1) is 43.2 Å². The number of hydrogen-bond acceptors (Lipinski definition) is 5. The lowest BCUT2D eigenvalue weighted by Gasteiger charge is -2.12. The number of benzene rings is 2. The number of aryl methyl sites for hydroxylation is 1. The number of nitrogens with zero attached hydrogens (tertiary/aromatic N) is 3. The Morgan fingerprint density at radius 2 is 1.89 bits per heavy atom. The molecule has 0 bridgehead atoms. The van der Waals surface area contributed by atoms with Crippen LogP contribution in [0.4, 0.5) is 11.4 Å². The first-order valence-corrected chi connectivity index (χ1v) is 8.66. The van der Waals surface area contributed by atoms with Crippen LogP contribution in [0.15, 0.2) is 47.3 Å². The Bertz CT molecular complexity index is 1060. The molecule has 2 N–H and O–H groups in total. The normalized spacial score (nSPS) is 11.1. The predicted octanol–water partition coefficient (Wildman–Crippen LogP) is 1.07. The molecular weight excluding hydrogens is 346 g/mol. The van der Waals surface area contributed by atoms with Gasteiger partial charge in [-0.05, 0) is 12.1 Å². The first-order chi connectivity index (χ1) is 12.9. The van der Waals surface area contributed by atoms with E-state index in [-0.39, 0.29) is 11.2 Å². The third-order valence-corrected chi connectivity index (χ3v) is 4.36. The summed E-state index contributed by atoms with van der Waals surface area (Å²) in [7, 11) is 5.62. The number of rotatable bonds is 6. The van der Waals surface area contributed by atoms with Crippen LogP contribution in [0.5, 0.6) is 0 Å². The summed E-state index contributed by atoms with van der Waals surface area (Å²) in [5.41, 5.74) is 1.39. The van der Waals surface area contributed by atoms with Crippen molar-refractivity contribution in [2.75, 3.05) is 32.5 Å². The van der Waals surface area contributed by atoms with Crippen molar-refractivity contribution in [1.82, 2.24) is 9.78 Å². The lowest BCUT2D eigenvalue weighted by Crippen LogP contribution is -3.06. The molecule has 3 rings (SSSR count). The van der Waals surface area contributed by atoms with E-state index in [1.807, 2.05) is 20.2 Å². The fourth-order valence-corrected chi connectivity index (χ4v) is 2.94. The highest BCUT2D eigenvalue weighted by Crippen LogP contribution is 2.32. The average molecular weight is 368 g/mol. The van der Waals surface area contributed by atoms with Gasteiger partial charge in [0.15, 0.2) is 0 Å². The molecule has 3 aromatic rings. The summed E-state index contributed by atoms with van der Waals surface area (Å²) < 4.78 is 1.26. The Morgan fingerprint density at radius 1 is 1.19 bits per heavy atom. The van der Waals surface area contributed by atoms with Crippen molar-refractivity contribution in [2.45, 2.75) is 0 Å². The number of anilines is 1. The molecule has 0 fully saturated rings. The second kappa shape index (κ2) is 7.55. The molecule has 0 radical (unpaired) electrons. The maximum absolute atomic E-state index is 12.3. The van der Waals surface area contributed by atoms with Crippen LogP contribution in [0.25, 0.3) is 22.0 Å². The number of likely N-dealkylation sites (N-methyl/N-ethyl adjacent to an activating group) is 1. The van der Waals surface area contributed by atoms with Gasteiger partial charge in [-0.2, -0.15) is 5.10 Å². The first kappa shape index (κ1) is 18.5. The first-order valence-electron chi connectivity index (χ1n) is 8.66. The smallest absolute Gasteiger partial charge is 0.292 e. The second-order valence-electron chi connectivity index (χ2n) is 6.70. The van der Waals surface area contributed by atoms with Crippen molar-refractivity contribution in [1.29, 1.82) is 0 Å². The topological polar surface area (TPSA) is 94.5 Å². The molecule has 2 aromatic carbocycles. The van der Waals surface area contributed by atoms with Crippen LogP contribution in [0.2, 0.25) is 0 Å². The molecule has 8 heteroatoms. The number of nitro groups is 1. The van der Waals surface area contributed by atoms with Crippen LogP contribution in [0.1, 0.15) is 0 Å². The van der Waals surface area contributed by atoms with Gasteiger partial charge in [-0.3, -0.25) is 14.9 Å². The molecule has 0 unspecified atom stereocenters. The van der Waals surface area contributed by atoms with E-state index >= 15 is 0 Å². The lowest BCUT2D eigenvalue weighted by atomic mass is 10.0.